The maximum Gasteiger partial charge on any atom is 0.134 e. The zero-order chi connectivity index (χ0) is 13.8. The number of nitrogens with one attached hydrogen (secondary N) is 1. The van der Waals surface area contributed by atoms with Crippen LogP contribution < -0.4 is 5.32 Å². The first-order valence-corrected chi connectivity index (χ1v) is 6.74. The predicted octanol–water partition coefficient (Wildman–Crippen LogP) is 1.49. The highest BCUT2D eigenvalue weighted by Crippen LogP contribution is 2.10. The molecule has 5 nitrogen and oxygen atoms in total. The molecule has 1 aliphatic heterocycles. The first-order valence-electron chi connectivity index (χ1n) is 6.74. The van der Waals surface area contributed by atoms with Crippen molar-refractivity contribution in [3.8, 4) is 0 Å². The molecule has 0 saturated carbocycles. The summed E-state index contributed by atoms with van der Waals surface area (Å²) in [5.41, 5.74) is 2.27. The highest BCUT2D eigenvalue weighted by atomic mass is 16.5. The third kappa shape index (κ3) is 2.88. The van der Waals surface area contributed by atoms with Crippen LogP contribution in [0.2, 0.25) is 0 Å². The van der Waals surface area contributed by atoms with E-state index in [2.05, 4.69) is 33.5 Å². The summed E-state index contributed by atoms with van der Waals surface area (Å²) >= 11 is 0. The average Bonchev–Trinajstić information content (AvgIpc) is 3.12. The summed E-state index contributed by atoms with van der Waals surface area (Å²) in [5, 5.41) is 3.28. The van der Waals surface area contributed by atoms with Gasteiger partial charge in [0.1, 0.15) is 18.3 Å². The second-order valence-electron chi connectivity index (χ2n) is 4.80. The first kappa shape index (κ1) is 12.9. The molecule has 1 N–H and O–H groups in total. The van der Waals surface area contributed by atoms with Gasteiger partial charge in [-0.15, -0.1) is 0 Å². The Morgan fingerprint density at radius 3 is 3.05 bits per heavy atom. The molecule has 104 valence electrons. The van der Waals surface area contributed by atoms with Gasteiger partial charge in [0.2, 0.25) is 0 Å². The minimum absolute atomic E-state index is 0.521. The van der Waals surface area contributed by atoms with E-state index in [4.69, 9.17) is 4.74 Å². The Morgan fingerprint density at radius 2 is 2.30 bits per heavy atom. The lowest BCUT2D eigenvalue weighted by atomic mass is 10.1. The molecule has 2 aromatic rings. The second kappa shape index (κ2) is 5.88. The van der Waals surface area contributed by atoms with Gasteiger partial charge in [-0.05, 0) is 11.6 Å². The molecule has 2 heterocycles. The summed E-state index contributed by atoms with van der Waals surface area (Å²) in [4.78, 5) is 8.67. The number of amidine groups is 1. The van der Waals surface area contributed by atoms with Gasteiger partial charge in [-0.1, -0.05) is 18.2 Å². The number of hydrogen-bond donors (Lipinski definition) is 1. The van der Waals surface area contributed by atoms with Gasteiger partial charge in [0, 0.05) is 31.5 Å². The van der Waals surface area contributed by atoms with Crippen molar-refractivity contribution in [1.82, 2.24) is 14.9 Å². The monoisotopic (exact) mass is 270 g/mol. The van der Waals surface area contributed by atoms with Crippen LogP contribution in [0.3, 0.4) is 0 Å². The maximum absolute atomic E-state index is 5.72. The Labute approximate surface area is 118 Å². The van der Waals surface area contributed by atoms with Crippen LogP contribution >= 0.6 is 0 Å². The van der Waals surface area contributed by atoms with Crippen molar-refractivity contribution < 1.29 is 4.74 Å². The second-order valence-corrected chi connectivity index (χ2v) is 4.80. The molecule has 0 unspecified atom stereocenters. The molecule has 1 aromatic carbocycles. The van der Waals surface area contributed by atoms with Crippen molar-refractivity contribution in [2.75, 3.05) is 13.1 Å². The molecule has 1 aromatic heterocycles. The van der Waals surface area contributed by atoms with E-state index < -0.39 is 0 Å². The zero-order valence-corrected chi connectivity index (χ0v) is 11.5. The van der Waals surface area contributed by atoms with Crippen LogP contribution in [0.25, 0.3) is 0 Å². The van der Waals surface area contributed by atoms with E-state index in [-0.39, 0.29) is 0 Å². The summed E-state index contributed by atoms with van der Waals surface area (Å²) in [6, 6.07) is 8.30. The highest BCUT2D eigenvalue weighted by Gasteiger charge is 2.08. The van der Waals surface area contributed by atoms with Gasteiger partial charge in [0.05, 0.1) is 13.2 Å². The molecule has 3 rings (SSSR count). The minimum atomic E-state index is 0.521. The highest BCUT2D eigenvalue weighted by molar-refractivity contribution is 5.99. The maximum atomic E-state index is 5.72. The van der Waals surface area contributed by atoms with Crippen LogP contribution in [0, 0.1) is 0 Å². The molecule has 0 amide bonds. The number of benzene rings is 1. The van der Waals surface area contributed by atoms with E-state index in [1.807, 2.05) is 23.9 Å². The normalized spacial score (nSPS) is 14.2. The van der Waals surface area contributed by atoms with Crippen LogP contribution in [-0.2, 0) is 25.0 Å². The van der Waals surface area contributed by atoms with E-state index in [0.717, 1.165) is 35.9 Å². The quantitative estimate of drug-likeness (QED) is 0.895. The molecular weight excluding hydrogens is 252 g/mol. The molecule has 0 saturated heterocycles. The minimum Gasteiger partial charge on any atom is -0.369 e. The largest absolute Gasteiger partial charge is 0.369 e. The molecular formula is C15H18N4O. The molecule has 1 aliphatic rings. The summed E-state index contributed by atoms with van der Waals surface area (Å²) in [7, 11) is 1.97. The SMILES string of the molecule is Cn1ccnc1COCc1cccc(C2=NCCN2)c1. The molecule has 0 spiro atoms. The topological polar surface area (TPSA) is 51.4 Å². The number of aryl methyl sites for hydroxylation is 1. The fourth-order valence-electron chi connectivity index (χ4n) is 2.20. The molecule has 0 radical (unpaired) electrons. The first-order chi connectivity index (χ1) is 9.83. The number of ether oxygens (including phenoxy) is 1. The summed E-state index contributed by atoms with van der Waals surface area (Å²) < 4.78 is 7.68. The summed E-state index contributed by atoms with van der Waals surface area (Å²) in [5.74, 6) is 1.92. The van der Waals surface area contributed by atoms with Crippen molar-refractivity contribution in [2.45, 2.75) is 13.2 Å². The Balaban J connectivity index is 1.60. The van der Waals surface area contributed by atoms with Crippen LogP contribution in [-0.4, -0.2) is 28.5 Å². The fourth-order valence-corrected chi connectivity index (χ4v) is 2.20. The number of aliphatic imine (C=N–C) groups is 1. The van der Waals surface area contributed by atoms with Crippen LogP contribution in [0.15, 0.2) is 41.7 Å². The third-order valence-electron chi connectivity index (χ3n) is 3.30. The molecule has 0 bridgehead atoms. The number of imidazole rings is 1. The smallest absolute Gasteiger partial charge is 0.134 e. The van der Waals surface area contributed by atoms with E-state index in [0.29, 0.717) is 13.2 Å². The van der Waals surface area contributed by atoms with Gasteiger partial charge in [-0.25, -0.2) is 4.98 Å². The summed E-state index contributed by atoms with van der Waals surface area (Å²) in [6.07, 6.45) is 3.70. The van der Waals surface area contributed by atoms with Crippen molar-refractivity contribution in [2.24, 2.45) is 12.0 Å². The zero-order valence-electron chi connectivity index (χ0n) is 11.5. The number of aromatic nitrogens is 2. The fraction of sp³-hybridized carbons (Fsp3) is 0.333. The molecule has 20 heavy (non-hydrogen) atoms. The molecule has 0 atom stereocenters. The number of hydrogen-bond acceptors (Lipinski definition) is 4. The average molecular weight is 270 g/mol. The van der Waals surface area contributed by atoms with E-state index in [1.165, 1.54) is 0 Å². The molecule has 0 fully saturated rings. The van der Waals surface area contributed by atoms with E-state index in [1.54, 1.807) is 6.20 Å². The van der Waals surface area contributed by atoms with Crippen LogP contribution in [0.1, 0.15) is 17.0 Å². The van der Waals surface area contributed by atoms with Crippen molar-refractivity contribution >= 4 is 5.84 Å². The van der Waals surface area contributed by atoms with Crippen molar-refractivity contribution in [3.05, 3.63) is 53.6 Å². The van der Waals surface area contributed by atoms with Gasteiger partial charge in [0.15, 0.2) is 0 Å². The standard InChI is InChI=1S/C15H18N4O/c1-19-8-7-16-14(19)11-20-10-12-3-2-4-13(9-12)15-17-5-6-18-15/h2-4,7-9H,5-6,10-11H2,1H3,(H,17,18). The molecule has 5 heteroatoms. The van der Waals surface area contributed by atoms with Crippen molar-refractivity contribution in [1.29, 1.82) is 0 Å². The Morgan fingerprint density at radius 1 is 1.35 bits per heavy atom. The van der Waals surface area contributed by atoms with Gasteiger partial charge in [0.25, 0.3) is 0 Å². The lowest BCUT2D eigenvalue weighted by molar-refractivity contribution is 0.1000. The van der Waals surface area contributed by atoms with Crippen LogP contribution in [0.4, 0.5) is 0 Å². The van der Waals surface area contributed by atoms with Crippen LogP contribution in [0.5, 0.6) is 0 Å². The van der Waals surface area contributed by atoms with E-state index >= 15 is 0 Å². The van der Waals surface area contributed by atoms with Gasteiger partial charge in [-0.2, -0.15) is 0 Å². The Bertz CT molecular complexity index is 618. The lowest BCUT2D eigenvalue weighted by Crippen LogP contribution is -2.19. The Kier molecular flexibility index (Phi) is 3.78. The molecule has 0 aliphatic carbocycles. The predicted molar refractivity (Wildman–Crippen MR) is 77.5 cm³/mol. The van der Waals surface area contributed by atoms with Gasteiger partial charge < -0.3 is 14.6 Å². The summed E-state index contributed by atoms with van der Waals surface area (Å²) in [6.45, 7) is 2.88. The van der Waals surface area contributed by atoms with Crippen molar-refractivity contribution in [3.63, 3.8) is 0 Å². The van der Waals surface area contributed by atoms with Gasteiger partial charge >= 0.3 is 0 Å². The van der Waals surface area contributed by atoms with Gasteiger partial charge in [-0.3, -0.25) is 4.99 Å². The number of rotatable bonds is 5. The lowest BCUT2D eigenvalue weighted by Gasteiger charge is -2.07. The third-order valence-corrected chi connectivity index (χ3v) is 3.30. The Hall–Kier alpha value is -2.14. The number of nitrogens with zero attached hydrogens (tertiary/aromatic N) is 3. The van der Waals surface area contributed by atoms with E-state index in [9.17, 15) is 0 Å².